The molecule has 0 spiro atoms. The van der Waals surface area contributed by atoms with Crippen LogP contribution in [0.25, 0.3) is 10.9 Å². The van der Waals surface area contributed by atoms with Crippen LogP contribution in [-0.2, 0) is 0 Å². The summed E-state index contributed by atoms with van der Waals surface area (Å²) in [6, 6.07) is 5.26. The van der Waals surface area contributed by atoms with Gasteiger partial charge in [-0.05, 0) is 12.1 Å². The average molecular weight is 205 g/mol. The summed E-state index contributed by atoms with van der Waals surface area (Å²) >= 11 is 0. The molecule has 0 saturated carbocycles. The van der Waals surface area contributed by atoms with Gasteiger partial charge in [-0.3, -0.25) is 4.98 Å². The number of hydrogen-bond acceptors (Lipinski definition) is 4. The second-order valence-corrected chi connectivity index (χ2v) is 3.03. The number of hydrogen-bond donors (Lipinski definition) is 1. The Morgan fingerprint density at radius 3 is 2.60 bits per heavy atom. The zero-order valence-electron chi connectivity index (χ0n) is 8.52. The third-order valence-corrected chi connectivity index (χ3v) is 2.23. The Bertz CT molecular complexity index is 496. The second-order valence-electron chi connectivity index (χ2n) is 3.03. The van der Waals surface area contributed by atoms with Gasteiger partial charge in [0.05, 0.1) is 14.2 Å². The Kier molecular flexibility index (Phi) is 2.33. The second kappa shape index (κ2) is 3.65. The molecule has 0 aliphatic heterocycles. The van der Waals surface area contributed by atoms with Crippen LogP contribution < -0.4 is 9.47 Å². The quantitative estimate of drug-likeness (QED) is 0.814. The van der Waals surface area contributed by atoms with Crippen LogP contribution in [0.15, 0.2) is 24.4 Å². The van der Waals surface area contributed by atoms with Gasteiger partial charge in [-0.25, -0.2) is 0 Å². The molecular weight excluding hydrogens is 194 g/mol. The predicted octanol–water partition coefficient (Wildman–Crippen LogP) is 1.96. The molecule has 0 saturated heterocycles. The van der Waals surface area contributed by atoms with Gasteiger partial charge in [0.2, 0.25) is 0 Å². The number of ether oxygens (including phenoxy) is 2. The van der Waals surface area contributed by atoms with Gasteiger partial charge in [0, 0.05) is 17.6 Å². The number of methoxy groups -OCH3 is 2. The van der Waals surface area contributed by atoms with Crippen LogP contribution in [0.4, 0.5) is 0 Å². The predicted molar refractivity (Wildman–Crippen MR) is 56.5 cm³/mol. The van der Waals surface area contributed by atoms with E-state index in [4.69, 9.17) is 9.47 Å². The maximum atomic E-state index is 9.83. The van der Waals surface area contributed by atoms with Crippen LogP contribution in [-0.4, -0.2) is 24.3 Å². The van der Waals surface area contributed by atoms with Crippen molar-refractivity contribution in [3.8, 4) is 17.2 Å². The number of phenolic OH excluding ortho intramolecular Hbond substituents is 1. The van der Waals surface area contributed by atoms with Crippen LogP contribution in [0.5, 0.6) is 17.2 Å². The molecule has 2 rings (SSSR count). The van der Waals surface area contributed by atoms with E-state index in [1.807, 2.05) is 6.07 Å². The highest BCUT2D eigenvalue weighted by Crippen LogP contribution is 2.38. The zero-order valence-corrected chi connectivity index (χ0v) is 8.52. The minimum Gasteiger partial charge on any atom is -0.503 e. The molecule has 15 heavy (non-hydrogen) atoms. The average Bonchev–Trinajstić information content (AvgIpc) is 2.30. The summed E-state index contributed by atoms with van der Waals surface area (Å²) in [7, 11) is 3.06. The normalized spacial score (nSPS) is 10.3. The Labute approximate surface area is 87.1 Å². The highest BCUT2D eigenvalue weighted by molar-refractivity contribution is 5.92. The van der Waals surface area contributed by atoms with Crippen molar-refractivity contribution in [1.29, 1.82) is 0 Å². The number of fused-ring (bicyclic) bond motifs is 1. The maximum Gasteiger partial charge on any atom is 0.184 e. The molecule has 1 aromatic heterocycles. The summed E-state index contributed by atoms with van der Waals surface area (Å²) in [5.74, 6) is 1.03. The minimum absolute atomic E-state index is 0.0360. The first-order valence-corrected chi connectivity index (χ1v) is 4.46. The van der Waals surface area contributed by atoms with E-state index in [1.165, 1.54) is 7.11 Å². The molecule has 0 unspecified atom stereocenters. The fraction of sp³-hybridized carbons (Fsp3) is 0.182. The summed E-state index contributed by atoms with van der Waals surface area (Å²) in [4.78, 5) is 4.09. The number of nitrogens with zero attached hydrogens (tertiary/aromatic N) is 1. The first-order chi connectivity index (χ1) is 7.27. The van der Waals surface area contributed by atoms with Gasteiger partial charge >= 0.3 is 0 Å². The molecule has 0 atom stereocenters. The van der Waals surface area contributed by atoms with Gasteiger partial charge < -0.3 is 14.6 Å². The first kappa shape index (κ1) is 9.58. The molecule has 1 N–H and O–H groups in total. The first-order valence-electron chi connectivity index (χ1n) is 4.46. The fourth-order valence-electron chi connectivity index (χ4n) is 1.50. The third-order valence-electron chi connectivity index (χ3n) is 2.23. The van der Waals surface area contributed by atoms with Crippen molar-refractivity contribution in [3.63, 3.8) is 0 Å². The summed E-state index contributed by atoms with van der Waals surface area (Å²) in [5.41, 5.74) is 0.480. The van der Waals surface area contributed by atoms with E-state index in [0.717, 1.165) is 5.39 Å². The Balaban J connectivity index is 2.84. The van der Waals surface area contributed by atoms with E-state index in [2.05, 4.69) is 4.98 Å². The molecule has 0 amide bonds. The number of benzene rings is 1. The summed E-state index contributed by atoms with van der Waals surface area (Å²) in [6.07, 6.45) is 1.61. The smallest absolute Gasteiger partial charge is 0.184 e. The van der Waals surface area contributed by atoms with Crippen LogP contribution in [0.2, 0.25) is 0 Å². The van der Waals surface area contributed by atoms with Crippen molar-refractivity contribution in [1.82, 2.24) is 4.98 Å². The van der Waals surface area contributed by atoms with Crippen LogP contribution in [0, 0.1) is 0 Å². The lowest BCUT2D eigenvalue weighted by Crippen LogP contribution is -1.91. The van der Waals surface area contributed by atoms with E-state index in [1.54, 1.807) is 25.4 Å². The maximum absolute atomic E-state index is 9.83. The number of rotatable bonds is 2. The minimum atomic E-state index is 0.0360. The number of phenols is 1. The number of aromatic nitrogens is 1. The standard InChI is InChI=1S/C11H11NO3/c1-14-8-6-9(15-2)11(13)10-7(8)4-3-5-12-10/h3-6,13H,1-2H3. The summed E-state index contributed by atoms with van der Waals surface area (Å²) in [6.45, 7) is 0. The number of pyridine rings is 1. The molecule has 0 fully saturated rings. The van der Waals surface area contributed by atoms with E-state index in [9.17, 15) is 5.11 Å². The van der Waals surface area contributed by atoms with E-state index < -0.39 is 0 Å². The monoisotopic (exact) mass is 205 g/mol. The summed E-state index contributed by atoms with van der Waals surface area (Å²) < 4.78 is 10.2. The molecule has 1 aromatic carbocycles. The van der Waals surface area contributed by atoms with Gasteiger partial charge in [-0.2, -0.15) is 0 Å². The highest BCUT2D eigenvalue weighted by Gasteiger charge is 2.12. The molecule has 2 aromatic rings. The molecule has 0 aliphatic carbocycles. The zero-order chi connectivity index (χ0) is 10.8. The van der Waals surface area contributed by atoms with Crippen molar-refractivity contribution >= 4 is 10.9 Å². The third kappa shape index (κ3) is 1.44. The van der Waals surface area contributed by atoms with E-state index >= 15 is 0 Å². The molecular formula is C11H11NO3. The highest BCUT2D eigenvalue weighted by atomic mass is 16.5. The van der Waals surface area contributed by atoms with Crippen molar-refractivity contribution in [2.75, 3.05) is 14.2 Å². The molecule has 4 heteroatoms. The topological polar surface area (TPSA) is 51.6 Å². The molecule has 78 valence electrons. The van der Waals surface area contributed by atoms with Crippen molar-refractivity contribution in [2.45, 2.75) is 0 Å². The van der Waals surface area contributed by atoms with E-state index in [0.29, 0.717) is 17.0 Å². The number of aromatic hydroxyl groups is 1. The van der Waals surface area contributed by atoms with Crippen LogP contribution in [0.3, 0.4) is 0 Å². The lowest BCUT2D eigenvalue weighted by Gasteiger charge is -2.09. The van der Waals surface area contributed by atoms with Crippen molar-refractivity contribution in [2.24, 2.45) is 0 Å². The lowest BCUT2D eigenvalue weighted by molar-refractivity contribution is 0.368. The Morgan fingerprint density at radius 1 is 1.20 bits per heavy atom. The fourth-order valence-corrected chi connectivity index (χ4v) is 1.50. The van der Waals surface area contributed by atoms with Gasteiger partial charge in [0.1, 0.15) is 11.3 Å². The van der Waals surface area contributed by atoms with Gasteiger partial charge in [0.15, 0.2) is 11.5 Å². The van der Waals surface area contributed by atoms with Crippen molar-refractivity contribution in [3.05, 3.63) is 24.4 Å². The summed E-state index contributed by atoms with van der Waals surface area (Å²) in [5, 5.41) is 10.6. The molecule has 0 radical (unpaired) electrons. The van der Waals surface area contributed by atoms with Crippen LogP contribution in [0.1, 0.15) is 0 Å². The van der Waals surface area contributed by atoms with Crippen LogP contribution >= 0.6 is 0 Å². The SMILES string of the molecule is COc1cc(OC)c2cccnc2c1O. The lowest BCUT2D eigenvalue weighted by atomic mass is 10.1. The Hall–Kier alpha value is -1.97. The largest absolute Gasteiger partial charge is 0.503 e. The molecule has 0 bridgehead atoms. The molecule has 4 nitrogen and oxygen atoms in total. The van der Waals surface area contributed by atoms with Crippen molar-refractivity contribution < 1.29 is 14.6 Å². The van der Waals surface area contributed by atoms with Gasteiger partial charge in [-0.15, -0.1) is 0 Å². The van der Waals surface area contributed by atoms with E-state index in [-0.39, 0.29) is 5.75 Å². The molecule has 0 aliphatic rings. The Morgan fingerprint density at radius 2 is 1.93 bits per heavy atom. The van der Waals surface area contributed by atoms with Gasteiger partial charge in [0.25, 0.3) is 0 Å². The van der Waals surface area contributed by atoms with Gasteiger partial charge in [-0.1, -0.05) is 0 Å². The molecule has 1 heterocycles.